The number of ketones is 2. The highest BCUT2D eigenvalue weighted by Crippen LogP contribution is 2.53. The van der Waals surface area contributed by atoms with Crippen LogP contribution in [0.5, 0.6) is 5.75 Å². The Morgan fingerprint density at radius 1 is 1.13 bits per heavy atom. The van der Waals surface area contributed by atoms with Gasteiger partial charge in [-0.15, -0.1) is 0 Å². The fourth-order valence-corrected chi connectivity index (χ4v) is 8.38. The molecule has 2 saturated carbocycles. The van der Waals surface area contributed by atoms with E-state index < -0.39 is 40.8 Å². The van der Waals surface area contributed by atoms with Crippen LogP contribution < -0.4 is 0 Å². The van der Waals surface area contributed by atoms with E-state index in [0.717, 1.165) is 30.5 Å². The maximum atomic E-state index is 13.8. The highest BCUT2D eigenvalue weighted by molar-refractivity contribution is 6.32. The van der Waals surface area contributed by atoms with E-state index in [-0.39, 0.29) is 41.1 Å². The number of likely N-dealkylation sites (N-methyl/N-ethyl adjacent to an activating group) is 1. The number of likely N-dealkylation sites (tertiary alicyclic amines) is 1. The molecule has 1 aliphatic heterocycles. The number of phenols is 1. The Bertz CT molecular complexity index is 1310. The summed E-state index contributed by atoms with van der Waals surface area (Å²) >= 11 is 6.92. The number of halogens is 1. The first-order valence-electron chi connectivity index (χ1n) is 13.5. The molecular formula is C29H35ClN2O6. The van der Waals surface area contributed by atoms with Crippen LogP contribution in [0.1, 0.15) is 49.3 Å². The van der Waals surface area contributed by atoms with Crippen LogP contribution in [-0.4, -0.2) is 80.6 Å². The number of aliphatic hydroxyl groups is 3. The maximum absolute atomic E-state index is 13.8. The Kier molecular flexibility index (Phi) is 6.00. The molecule has 1 aromatic carbocycles. The number of nitrogens with zero attached hydrogens (tertiary/aromatic N) is 2. The van der Waals surface area contributed by atoms with Crippen molar-refractivity contribution in [2.24, 2.45) is 23.7 Å². The van der Waals surface area contributed by atoms with Gasteiger partial charge in [0, 0.05) is 41.7 Å². The maximum Gasteiger partial charge on any atom is 0.202 e. The summed E-state index contributed by atoms with van der Waals surface area (Å²) in [6, 6.07) is 0.759. The average molecular weight is 543 g/mol. The highest BCUT2D eigenvalue weighted by Gasteiger charge is 2.63. The SMILES string of the molecule is CC1=C(O)[C@@]2(O)C(=O)C3=C(O)c4c(O)cc(CN5CC6CCCC6C5)c(Cl)c4CC3C[C@H]2[C@H](N(C)C)C1=O. The molecular weight excluding hydrogens is 508 g/mol. The molecule has 0 radical (unpaired) electrons. The quantitative estimate of drug-likeness (QED) is 0.458. The van der Waals surface area contributed by atoms with Crippen molar-refractivity contribution < 1.29 is 30.0 Å². The normalized spacial score (nSPS) is 35.1. The lowest BCUT2D eigenvalue weighted by molar-refractivity contribution is -0.153. The van der Waals surface area contributed by atoms with E-state index in [1.807, 2.05) is 0 Å². The van der Waals surface area contributed by atoms with E-state index in [2.05, 4.69) is 4.90 Å². The van der Waals surface area contributed by atoms with E-state index >= 15 is 0 Å². The van der Waals surface area contributed by atoms with Gasteiger partial charge in [-0.1, -0.05) is 18.0 Å². The molecule has 3 unspecified atom stereocenters. The Balaban J connectivity index is 1.41. The number of aliphatic hydroxyl groups excluding tert-OH is 2. The number of rotatable bonds is 3. The van der Waals surface area contributed by atoms with Gasteiger partial charge in [0.05, 0.1) is 11.6 Å². The molecule has 0 spiro atoms. The first kappa shape index (κ1) is 25.9. The van der Waals surface area contributed by atoms with Crippen molar-refractivity contribution in [3.8, 4) is 5.75 Å². The summed E-state index contributed by atoms with van der Waals surface area (Å²) in [5.74, 6) is -2.39. The van der Waals surface area contributed by atoms with Crippen molar-refractivity contribution in [2.45, 2.75) is 57.2 Å². The lowest BCUT2D eigenvalue weighted by Crippen LogP contribution is -2.64. The predicted octanol–water partition coefficient (Wildman–Crippen LogP) is 3.38. The molecule has 1 heterocycles. The van der Waals surface area contributed by atoms with E-state index in [1.54, 1.807) is 25.1 Å². The summed E-state index contributed by atoms with van der Waals surface area (Å²) < 4.78 is 0. The van der Waals surface area contributed by atoms with Gasteiger partial charge in [0.1, 0.15) is 17.3 Å². The van der Waals surface area contributed by atoms with Gasteiger partial charge in [0.2, 0.25) is 5.78 Å². The van der Waals surface area contributed by atoms with E-state index in [1.165, 1.54) is 26.2 Å². The van der Waals surface area contributed by atoms with Crippen molar-refractivity contribution in [1.82, 2.24) is 9.80 Å². The molecule has 0 amide bonds. The van der Waals surface area contributed by atoms with E-state index in [9.17, 15) is 30.0 Å². The molecule has 6 rings (SSSR count). The van der Waals surface area contributed by atoms with Crippen molar-refractivity contribution in [1.29, 1.82) is 0 Å². The summed E-state index contributed by atoms with van der Waals surface area (Å²) in [5, 5.41) is 45.4. The van der Waals surface area contributed by atoms with Crippen molar-refractivity contribution >= 4 is 28.9 Å². The smallest absolute Gasteiger partial charge is 0.202 e. The minimum atomic E-state index is -2.34. The first-order chi connectivity index (χ1) is 17.9. The third kappa shape index (κ3) is 3.46. The minimum Gasteiger partial charge on any atom is -0.508 e. The Hall–Kier alpha value is -2.39. The zero-order chi connectivity index (χ0) is 27.3. The molecule has 9 heteroatoms. The number of carbonyl (C=O) groups is 2. The minimum absolute atomic E-state index is 0.0334. The van der Waals surface area contributed by atoms with Crippen LogP contribution in [0.2, 0.25) is 5.02 Å². The molecule has 8 nitrogen and oxygen atoms in total. The molecule has 0 aromatic heterocycles. The monoisotopic (exact) mass is 542 g/mol. The molecule has 204 valence electrons. The number of Topliss-reactive ketones (excluding diaryl/α,β-unsaturated/α-hetero) is 2. The molecule has 1 aromatic rings. The van der Waals surface area contributed by atoms with Gasteiger partial charge in [-0.05, 0) is 81.6 Å². The molecule has 1 saturated heterocycles. The van der Waals surface area contributed by atoms with Crippen LogP contribution in [0.25, 0.3) is 5.76 Å². The van der Waals surface area contributed by atoms with Gasteiger partial charge < -0.3 is 20.4 Å². The third-order valence-corrected chi connectivity index (χ3v) is 10.4. The van der Waals surface area contributed by atoms with Crippen LogP contribution in [0, 0.1) is 23.7 Å². The van der Waals surface area contributed by atoms with Gasteiger partial charge in [0.15, 0.2) is 11.4 Å². The fraction of sp³-hybridized carbons (Fsp3) is 0.586. The Morgan fingerprint density at radius 3 is 2.42 bits per heavy atom. The van der Waals surface area contributed by atoms with Crippen molar-refractivity contribution in [2.75, 3.05) is 27.2 Å². The summed E-state index contributed by atoms with van der Waals surface area (Å²) in [6.07, 6.45) is 4.27. The van der Waals surface area contributed by atoms with Gasteiger partial charge in [-0.2, -0.15) is 0 Å². The van der Waals surface area contributed by atoms with Crippen LogP contribution >= 0.6 is 11.6 Å². The number of carbonyl (C=O) groups excluding carboxylic acids is 2. The highest BCUT2D eigenvalue weighted by atomic mass is 35.5. The second-order valence-corrected chi connectivity index (χ2v) is 12.6. The molecule has 4 N–H and O–H groups in total. The standard InChI is InChI=1S/C29H35ClN2O6/c1-13-25(34)24(31(2)3)19-8-16-7-18-22(26(35)21(16)28(37)29(19,38)27(13)36)20(33)9-17(23(18)30)12-32-10-14-5-4-6-15(14)11-32/h9,14-16,19,24,33,35-36,38H,4-8,10-12H2,1-3H3/t14?,15?,16?,19-,24-,29+/m0/s1. The van der Waals surface area contributed by atoms with Crippen LogP contribution in [0.15, 0.2) is 23.0 Å². The first-order valence-corrected chi connectivity index (χ1v) is 13.9. The number of benzene rings is 1. The topological polar surface area (TPSA) is 122 Å². The molecule has 6 atom stereocenters. The fourth-order valence-electron chi connectivity index (χ4n) is 8.10. The summed E-state index contributed by atoms with van der Waals surface area (Å²) in [6.45, 7) is 4.03. The zero-order valence-electron chi connectivity index (χ0n) is 22.0. The largest absolute Gasteiger partial charge is 0.508 e. The zero-order valence-corrected chi connectivity index (χ0v) is 22.8. The summed E-state index contributed by atoms with van der Waals surface area (Å²) in [5.41, 5.74) is -0.966. The van der Waals surface area contributed by atoms with Gasteiger partial charge in [-0.3, -0.25) is 19.4 Å². The van der Waals surface area contributed by atoms with Crippen LogP contribution in [0.3, 0.4) is 0 Å². The second-order valence-electron chi connectivity index (χ2n) is 12.2. The third-order valence-electron chi connectivity index (χ3n) is 9.92. The molecule has 0 bridgehead atoms. The molecule has 4 aliphatic carbocycles. The van der Waals surface area contributed by atoms with Crippen molar-refractivity contribution in [3.63, 3.8) is 0 Å². The van der Waals surface area contributed by atoms with Crippen LogP contribution in [0.4, 0.5) is 0 Å². The van der Waals surface area contributed by atoms with Gasteiger partial charge in [-0.25, -0.2) is 0 Å². The van der Waals surface area contributed by atoms with Gasteiger partial charge >= 0.3 is 0 Å². The number of phenolic OH excluding ortho intramolecular Hbond substituents is 1. The summed E-state index contributed by atoms with van der Waals surface area (Å²) in [4.78, 5) is 31.0. The number of hydrogen-bond acceptors (Lipinski definition) is 8. The number of aromatic hydroxyl groups is 1. The molecule has 3 fully saturated rings. The second kappa shape index (κ2) is 8.81. The number of fused-ring (bicyclic) bond motifs is 4. The molecule has 38 heavy (non-hydrogen) atoms. The van der Waals surface area contributed by atoms with E-state index in [4.69, 9.17) is 11.6 Å². The van der Waals surface area contributed by atoms with E-state index in [0.29, 0.717) is 17.1 Å². The number of hydrogen-bond donors (Lipinski definition) is 4. The Morgan fingerprint density at radius 2 is 1.79 bits per heavy atom. The Labute approximate surface area is 227 Å². The lowest BCUT2D eigenvalue weighted by atomic mass is 9.57. The predicted molar refractivity (Wildman–Crippen MR) is 142 cm³/mol. The molecule has 5 aliphatic rings. The van der Waals surface area contributed by atoms with Crippen molar-refractivity contribution in [3.05, 3.63) is 44.7 Å². The summed E-state index contributed by atoms with van der Waals surface area (Å²) in [7, 11) is 3.41. The average Bonchev–Trinajstić information content (AvgIpc) is 3.45. The lowest BCUT2D eigenvalue weighted by Gasteiger charge is -2.50. The van der Waals surface area contributed by atoms with Gasteiger partial charge in [0.25, 0.3) is 0 Å². The van der Waals surface area contributed by atoms with Crippen LogP contribution in [-0.2, 0) is 22.6 Å².